The van der Waals surface area contributed by atoms with Gasteiger partial charge in [-0.25, -0.2) is 0 Å². The van der Waals surface area contributed by atoms with Crippen LogP contribution >= 0.6 is 0 Å². The lowest BCUT2D eigenvalue weighted by atomic mass is 9.96. The van der Waals surface area contributed by atoms with Crippen molar-refractivity contribution >= 4 is 6.08 Å². The van der Waals surface area contributed by atoms with Crippen LogP contribution in [0, 0.1) is 6.92 Å². The van der Waals surface area contributed by atoms with Gasteiger partial charge in [-0.2, -0.15) is 0 Å². The molecular formula is C18H29NO. The van der Waals surface area contributed by atoms with Gasteiger partial charge in [0.05, 0.1) is 0 Å². The largest absolute Gasteiger partial charge is 0.385 e. The maximum atomic E-state index is 5.23. The Hall–Kier alpha value is -1.02. The second kappa shape index (κ2) is 7.12. The molecule has 0 spiro atoms. The number of hydrogen-bond donors (Lipinski definition) is 0. The van der Waals surface area contributed by atoms with Gasteiger partial charge in [0.25, 0.3) is 0 Å². The van der Waals surface area contributed by atoms with Crippen molar-refractivity contribution in [3.05, 3.63) is 28.6 Å². The van der Waals surface area contributed by atoms with E-state index in [-0.39, 0.29) is 0 Å². The first kappa shape index (κ1) is 15.4. The van der Waals surface area contributed by atoms with Gasteiger partial charge in [0.2, 0.25) is 0 Å². The Balaban J connectivity index is 2.36. The van der Waals surface area contributed by atoms with Gasteiger partial charge in [0.15, 0.2) is 0 Å². The van der Waals surface area contributed by atoms with Crippen LogP contribution in [-0.2, 0) is 17.7 Å². The van der Waals surface area contributed by atoms with E-state index in [2.05, 4.69) is 37.5 Å². The third kappa shape index (κ3) is 3.01. The van der Waals surface area contributed by atoms with E-state index in [9.17, 15) is 0 Å². The van der Waals surface area contributed by atoms with Gasteiger partial charge >= 0.3 is 0 Å². The van der Waals surface area contributed by atoms with Crippen LogP contribution < -0.4 is 0 Å². The highest BCUT2D eigenvalue weighted by Crippen LogP contribution is 2.34. The third-order valence-corrected chi connectivity index (χ3v) is 4.47. The topological polar surface area (TPSA) is 14.2 Å². The van der Waals surface area contributed by atoms with Crippen LogP contribution in [0.1, 0.15) is 68.0 Å². The minimum Gasteiger partial charge on any atom is -0.385 e. The molecule has 20 heavy (non-hydrogen) atoms. The number of methoxy groups -OCH3 is 1. The first-order valence-corrected chi connectivity index (χ1v) is 8.08. The molecule has 1 atom stereocenters. The Bertz CT molecular complexity index is 470. The first-order chi connectivity index (χ1) is 9.70. The molecule has 112 valence electrons. The molecule has 2 rings (SSSR count). The summed E-state index contributed by atoms with van der Waals surface area (Å²) in [6.45, 7) is 8.92. The van der Waals surface area contributed by atoms with Gasteiger partial charge in [0, 0.05) is 31.6 Å². The third-order valence-electron chi connectivity index (χ3n) is 4.47. The van der Waals surface area contributed by atoms with Crippen molar-refractivity contribution in [1.29, 1.82) is 0 Å². The van der Waals surface area contributed by atoms with E-state index in [1.54, 1.807) is 18.5 Å². The lowest BCUT2D eigenvalue weighted by Crippen LogP contribution is -2.12. The van der Waals surface area contributed by atoms with Gasteiger partial charge in [-0.3, -0.25) is 0 Å². The molecule has 1 heterocycles. The minimum absolute atomic E-state index is 0.654. The predicted molar refractivity (Wildman–Crippen MR) is 86.3 cm³/mol. The van der Waals surface area contributed by atoms with E-state index in [1.165, 1.54) is 36.8 Å². The summed E-state index contributed by atoms with van der Waals surface area (Å²) < 4.78 is 7.84. The summed E-state index contributed by atoms with van der Waals surface area (Å²) in [4.78, 5) is 0. The number of fused-ring (bicyclic) bond motifs is 1. The molecule has 1 aromatic heterocycles. The zero-order valence-corrected chi connectivity index (χ0v) is 13.5. The van der Waals surface area contributed by atoms with Crippen LogP contribution in [0.4, 0.5) is 0 Å². The molecular weight excluding hydrogens is 246 g/mol. The van der Waals surface area contributed by atoms with E-state index < -0.39 is 0 Å². The Morgan fingerprint density at radius 1 is 1.40 bits per heavy atom. The van der Waals surface area contributed by atoms with Crippen LogP contribution in [0.2, 0.25) is 0 Å². The van der Waals surface area contributed by atoms with Gasteiger partial charge in [-0.05, 0) is 49.7 Å². The molecule has 1 aromatic rings. The Kier molecular flexibility index (Phi) is 5.47. The number of rotatable bonds is 7. The number of allylic oxidation sites excluding steroid dienone is 1. The first-order valence-electron chi connectivity index (χ1n) is 8.08. The van der Waals surface area contributed by atoms with E-state index >= 15 is 0 Å². The zero-order chi connectivity index (χ0) is 14.5. The summed E-state index contributed by atoms with van der Waals surface area (Å²) in [6, 6.07) is 0. The fraction of sp³-hybridized carbons (Fsp3) is 0.667. The zero-order valence-electron chi connectivity index (χ0n) is 13.5. The van der Waals surface area contributed by atoms with Crippen LogP contribution in [0.5, 0.6) is 0 Å². The second-order valence-electron chi connectivity index (χ2n) is 6.00. The number of hydrogen-bond acceptors (Lipinski definition) is 1. The Morgan fingerprint density at radius 3 is 2.90 bits per heavy atom. The summed E-state index contributed by atoms with van der Waals surface area (Å²) in [5.41, 5.74) is 6.12. The van der Waals surface area contributed by atoms with Crippen molar-refractivity contribution in [1.82, 2.24) is 4.57 Å². The molecule has 1 aliphatic rings. The van der Waals surface area contributed by atoms with Crippen LogP contribution in [0.3, 0.4) is 0 Å². The number of nitrogens with zero attached hydrogens (tertiary/aromatic N) is 1. The molecule has 0 radical (unpaired) electrons. The van der Waals surface area contributed by atoms with Crippen molar-refractivity contribution in [3.63, 3.8) is 0 Å². The summed E-state index contributed by atoms with van der Waals surface area (Å²) in [5.74, 6) is 0.654. The monoisotopic (exact) mass is 275 g/mol. The smallest absolute Gasteiger partial charge is 0.0479 e. The maximum absolute atomic E-state index is 5.23. The fourth-order valence-corrected chi connectivity index (χ4v) is 3.59. The fourth-order valence-electron chi connectivity index (χ4n) is 3.59. The van der Waals surface area contributed by atoms with Gasteiger partial charge in [-0.15, -0.1) is 0 Å². The molecule has 0 fully saturated rings. The average molecular weight is 275 g/mol. The molecule has 2 nitrogen and oxygen atoms in total. The molecule has 0 saturated heterocycles. The van der Waals surface area contributed by atoms with E-state index in [1.807, 2.05) is 0 Å². The average Bonchev–Trinajstić information content (AvgIpc) is 2.73. The Morgan fingerprint density at radius 2 is 2.20 bits per heavy atom. The molecule has 0 saturated carbocycles. The highest BCUT2D eigenvalue weighted by molar-refractivity contribution is 5.61. The second-order valence-corrected chi connectivity index (χ2v) is 6.00. The quantitative estimate of drug-likeness (QED) is 0.658. The molecule has 0 bridgehead atoms. The van der Waals surface area contributed by atoms with Gasteiger partial charge < -0.3 is 9.30 Å². The summed E-state index contributed by atoms with van der Waals surface area (Å²) >= 11 is 0. The van der Waals surface area contributed by atoms with Crippen molar-refractivity contribution in [2.24, 2.45) is 0 Å². The van der Waals surface area contributed by atoms with Crippen molar-refractivity contribution in [3.8, 4) is 0 Å². The lowest BCUT2D eigenvalue weighted by Gasteiger charge is -2.19. The molecule has 1 aliphatic carbocycles. The Labute approximate surface area is 123 Å². The minimum atomic E-state index is 0.654. The van der Waals surface area contributed by atoms with Crippen LogP contribution in [-0.4, -0.2) is 18.3 Å². The predicted octanol–water partition coefficient (Wildman–Crippen LogP) is 4.70. The molecule has 0 aromatic carbocycles. The van der Waals surface area contributed by atoms with E-state index in [0.717, 1.165) is 19.6 Å². The molecule has 2 heteroatoms. The molecule has 0 amide bonds. The standard InChI is InChI=1S/C18H29NO/c1-5-9-14(2)18-15(3)16-10-6-7-11-17(16)19(18)12-8-13-20-4/h6,10,14H,5,7-9,11-13H2,1-4H3. The highest BCUT2D eigenvalue weighted by atomic mass is 16.5. The van der Waals surface area contributed by atoms with E-state index in [0.29, 0.717) is 5.92 Å². The SMILES string of the molecule is CCCC(C)c1c(C)c2c(n1CCCOC)CCC=C2. The lowest BCUT2D eigenvalue weighted by molar-refractivity contribution is 0.189. The van der Waals surface area contributed by atoms with E-state index in [4.69, 9.17) is 4.74 Å². The van der Waals surface area contributed by atoms with Crippen molar-refractivity contribution in [2.45, 2.75) is 65.3 Å². The van der Waals surface area contributed by atoms with Gasteiger partial charge in [-0.1, -0.05) is 32.4 Å². The summed E-state index contributed by atoms with van der Waals surface area (Å²) in [5, 5.41) is 0. The molecule has 0 aliphatic heterocycles. The van der Waals surface area contributed by atoms with Crippen LogP contribution in [0.25, 0.3) is 6.08 Å². The molecule has 1 unspecified atom stereocenters. The highest BCUT2D eigenvalue weighted by Gasteiger charge is 2.22. The van der Waals surface area contributed by atoms with Gasteiger partial charge in [0.1, 0.15) is 0 Å². The maximum Gasteiger partial charge on any atom is 0.0479 e. The normalized spacial score (nSPS) is 15.4. The molecule has 0 N–H and O–H groups in total. The summed E-state index contributed by atoms with van der Waals surface area (Å²) in [7, 11) is 1.79. The summed E-state index contributed by atoms with van der Waals surface area (Å²) in [6.07, 6.45) is 10.7. The van der Waals surface area contributed by atoms with Crippen molar-refractivity contribution < 1.29 is 4.74 Å². The van der Waals surface area contributed by atoms with Crippen molar-refractivity contribution in [2.75, 3.05) is 13.7 Å². The number of ether oxygens (including phenoxy) is 1. The van der Waals surface area contributed by atoms with Crippen LogP contribution in [0.15, 0.2) is 6.08 Å². The number of aromatic nitrogens is 1.